The molecule has 2 aromatic rings. The molecule has 0 saturated carbocycles. The SMILES string of the molecule is C[C@@H]1O[C@@H](OC[C@H]2O[C@@H](OCc3ccccc3)[C@H](O)[C@@H](O)[C@@H]2O)[C@H](OC(=O)/C=C\c2ccc(O)cc2)[C@H](O)[C@H]1O. The maximum Gasteiger partial charge on any atom is 0.331 e. The first-order valence-electron chi connectivity index (χ1n) is 12.8. The third-order valence-electron chi connectivity index (χ3n) is 6.69. The average Bonchev–Trinajstić information content (AvgIpc) is 2.96. The Balaban J connectivity index is 1.39. The van der Waals surface area contributed by atoms with Gasteiger partial charge in [0.2, 0.25) is 0 Å². The van der Waals surface area contributed by atoms with Crippen molar-refractivity contribution in [3.05, 3.63) is 71.8 Å². The summed E-state index contributed by atoms with van der Waals surface area (Å²) >= 11 is 0. The summed E-state index contributed by atoms with van der Waals surface area (Å²) in [6.45, 7) is 1.16. The van der Waals surface area contributed by atoms with Crippen LogP contribution in [0.5, 0.6) is 5.75 Å². The number of aliphatic hydroxyl groups is 5. The average molecular weight is 563 g/mol. The summed E-state index contributed by atoms with van der Waals surface area (Å²) in [6.07, 6.45) is -11.3. The molecule has 2 fully saturated rings. The van der Waals surface area contributed by atoms with Gasteiger partial charge in [-0.3, -0.25) is 0 Å². The maximum atomic E-state index is 12.5. The summed E-state index contributed by atoms with van der Waals surface area (Å²) in [5.41, 5.74) is 1.40. The van der Waals surface area contributed by atoms with E-state index in [0.29, 0.717) is 5.56 Å². The Hall–Kier alpha value is -2.91. The number of benzene rings is 2. The van der Waals surface area contributed by atoms with Gasteiger partial charge in [-0.25, -0.2) is 4.79 Å². The molecule has 0 spiro atoms. The van der Waals surface area contributed by atoms with E-state index in [-0.39, 0.29) is 12.4 Å². The van der Waals surface area contributed by atoms with Crippen molar-refractivity contribution in [3.63, 3.8) is 0 Å². The molecule has 2 heterocycles. The van der Waals surface area contributed by atoms with Crippen LogP contribution in [0, 0.1) is 0 Å². The lowest BCUT2D eigenvalue weighted by atomic mass is 9.98. The largest absolute Gasteiger partial charge is 0.508 e. The number of carbonyl (C=O) groups is 1. The van der Waals surface area contributed by atoms with Crippen LogP contribution in [0.3, 0.4) is 0 Å². The fraction of sp³-hybridized carbons (Fsp3) is 0.464. The molecule has 2 saturated heterocycles. The molecule has 4 rings (SSSR count). The first-order chi connectivity index (χ1) is 19.1. The van der Waals surface area contributed by atoms with Gasteiger partial charge < -0.3 is 54.3 Å². The number of aromatic hydroxyl groups is 1. The van der Waals surface area contributed by atoms with E-state index in [1.165, 1.54) is 25.1 Å². The van der Waals surface area contributed by atoms with E-state index < -0.39 is 74.0 Å². The predicted molar refractivity (Wildman–Crippen MR) is 137 cm³/mol. The summed E-state index contributed by atoms with van der Waals surface area (Å²) in [5, 5.41) is 61.5. The van der Waals surface area contributed by atoms with E-state index in [1.807, 2.05) is 30.3 Å². The third-order valence-corrected chi connectivity index (χ3v) is 6.69. The summed E-state index contributed by atoms with van der Waals surface area (Å²) in [5.74, 6) is -0.800. The van der Waals surface area contributed by atoms with Crippen molar-refractivity contribution in [1.82, 2.24) is 0 Å². The lowest BCUT2D eigenvalue weighted by Gasteiger charge is -2.43. The van der Waals surface area contributed by atoms with Crippen molar-refractivity contribution in [2.45, 2.75) is 74.9 Å². The Bertz CT molecular complexity index is 1110. The van der Waals surface area contributed by atoms with Gasteiger partial charge >= 0.3 is 5.97 Å². The highest BCUT2D eigenvalue weighted by molar-refractivity contribution is 5.87. The molecule has 2 aromatic carbocycles. The maximum absolute atomic E-state index is 12.5. The molecular weight excluding hydrogens is 528 g/mol. The Kier molecular flexibility index (Phi) is 10.2. The van der Waals surface area contributed by atoms with Gasteiger partial charge in [-0.05, 0) is 36.3 Å². The monoisotopic (exact) mass is 562 g/mol. The molecule has 0 aromatic heterocycles. The molecule has 40 heavy (non-hydrogen) atoms. The molecule has 2 aliphatic heterocycles. The predicted octanol–water partition coefficient (Wildman–Crippen LogP) is -0.175. The zero-order chi connectivity index (χ0) is 28.8. The van der Waals surface area contributed by atoms with Crippen LogP contribution in [0.25, 0.3) is 6.08 Å². The van der Waals surface area contributed by atoms with Gasteiger partial charge in [-0.1, -0.05) is 42.5 Å². The zero-order valence-electron chi connectivity index (χ0n) is 21.7. The Labute approximate surface area is 230 Å². The lowest BCUT2D eigenvalue weighted by molar-refractivity contribution is -0.330. The molecule has 0 amide bonds. The quantitative estimate of drug-likeness (QED) is 0.175. The summed E-state index contributed by atoms with van der Waals surface area (Å²) in [4.78, 5) is 12.5. The highest BCUT2D eigenvalue weighted by atomic mass is 16.7. The van der Waals surface area contributed by atoms with Crippen molar-refractivity contribution < 1.29 is 59.1 Å². The van der Waals surface area contributed by atoms with Crippen LogP contribution in [-0.4, -0.2) is 105 Å². The van der Waals surface area contributed by atoms with Crippen LogP contribution in [0.4, 0.5) is 0 Å². The van der Waals surface area contributed by atoms with Crippen molar-refractivity contribution in [3.8, 4) is 5.75 Å². The molecule has 2 aliphatic rings. The van der Waals surface area contributed by atoms with Crippen LogP contribution < -0.4 is 0 Å². The smallest absolute Gasteiger partial charge is 0.331 e. The Morgan fingerprint density at radius 2 is 1.52 bits per heavy atom. The second kappa shape index (κ2) is 13.6. The Morgan fingerprint density at radius 3 is 2.23 bits per heavy atom. The summed E-state index contributed by atoms with van der Waals surface area (Å²) < 4.78 is 28.0. The topological polar surface area (TPSA) is 185 Å². The molecule has 0 bridgehead atoms. The van der Waals surface area contributed by atoms with Gasteiger partial charge in [0, 0.05) is 6.08 Å². The van der Waals surface area contributed by atoms with Crippen molar-refractivity contribution in [2.75, 3.05) is 6.61 Å². The number of carbonyl (C=O) groups excluding carboxylic acids is 1. The van der Waals surface area contributed by atoms with Crippen LogP contribution in [0.15, 0.2) is 60.7 Å². The molecule has 6 N–H and O–H groups in total. The van der Waals surface area contributed by atoms with Crippen LogP contribution in [-0.2, 0) is 35.1 Å². The molecule has 0 radical (unpaired) electrons. The summed E-state index contributed by atoms with van der Waals surface area (Å²) in [6, 6.07) is 15.1. The van der Waals surface area contributed by atoms with E-state index in [0.717, 1.165) is 11.6 Å². The van der Waals surface area contributed by atoms with E-state index in [4.69, 9.17) is 23.7 Å². The van der Waals surface area contributed by atoms with Gasteiger partial charge in [-0.15, -0.1) is 0 Å². The summed E-state index contributed by atoms with van der Waals surface area (Å²) in [7, 11) is 0. The highest BCUT2D eigenvalue weighted by Gasteiger charge is 2.48. The first kappa shape index (κ1) is 30.1. The van der Waals surface area contributed by atoms with Gasteiger partial charge in [0.1, 0.15) is 42.4 Å². The van der Waals surface area contributed by atoms with Crippen molar-refractivity contribution in [2.24, 2.45) is 0 Å². The number of rotatable bonds is 9. The number of hydrogen-bond acceptors (Lipinski definition) is 12. The highest BCUT2D eigenvalue weighted by Crippen LogP contribution is 2.28. The first-order valence-corrected chi connectivity index (χ1v) is 12.8. The number of esters is 1. The molecular formula is C28H34O12. The standard InChI is InChI=1S/C28H34O12/c1-15-21(31)24(34)26(40-20(30)12-9-16-7-10-18(29)11-8-16)28(38-15)37-14-19-22(32)23(33)25(35)27(39-19)36-13-17-5-3-2-4-6-17/h2-12,15,19,21-29,31-35H,13-14H2,1H3/b12-9-/t15-,19+,21-,22+,23-,24+,25+,26+,27+,28+/m0/s1. The third kappa shape index (κ3) is 7.43. The minimum absolute atomic E-state index is 0.0634. The van der Waals surface area contributed by atoms with E-state index in [2.05, 4.69) is 0 Å². The normalized spacial score (nSPS) is 34.5. The molecule has 218 valence electrons. The minimum Gasteiger partial charge on any atom is -0.508 e. The van der Waals surface area contributed by atoms with Crippen molar-refractivity contribution >= 4 is 12.0 Å². The molecule has 0 aliphatic carbocycles. The van der Waals surface area contributed by atoms with Gasteiger partial charge in [0.15, 0.2) is 18.7 Å². The number of hydrogen-bond donors (Lipinski definition) is 6. The fourth-order valence-electron chi connectivity index (χ4n) is 4.32. The number of aliphatic hydroxyl groups excluding tert-OH is 5. The number of phenolic OH excluding ortho intramolecular Hbond substituents is 1. The molecule has 12 heteroatoms. The minimum atomic E-state index is -1.61. The second-order valence-corrected chi connectivity index (χ2v) is 9.66. The van der Waals surface area contributed by atoms with Crippen LogP contribution in [0.1, 0.15) is 18.1 Å². The Morgan fingerprint density at radius 1 is 0.825 bits per heavy atom. The zero-order valence-corrected chi connectivity index (χ0v) is 21.7. The van der Waals surface area contributed by atoms with Crippen LogP contribution in [0.2, 0.25) is 0 Å². The van der Waals surface area contributed by atoms with E-state index in [1.54, 1.807) is 12.1 Å². The van der Waals surface area contributed by atoms with E-state index >= 15 is 0 Å². The van der Waals surface area contributed by atoms with Crippen molar-refractivity contribution in [1.29, 1.82) is 0 Å². The van der Waals surface area contributed by atoms with Gasteiger partial charge in [-0.2, -0.15) is 0 Å². The number of ether oxygens (including phenoxy) is 5. The second-order valence-electron chi connectivity index (χ2n) is 9.66. The molecule has 0 unspecified atom stereocenters. The van der Waals surface area contributed by atoms with Crippen LogP contribution >= 0.6 is 0 Å². The van der Waals surface area contributed by atoms with E-state index in [9.17, 15) is 35.4 Å². The fourth-order valence-corrected chi connectivity index (χ4v) is 4.32. The molecule has 10 atom stereocenters. The molecule has 12 nitrogen and oxygen atoms in total. The lowest BCUT2D eigenvalue weighted by Crippen LogP contribution is -2.61. The van der Waals surface area contributed by atoms with Gasteiger partial charge in [0.05, 0.1) is 19.3 Å². The number of phenols is 1. The van der Waals surface area contributed by atoms with Gasteiger partial charge in [0.25, 0.3) is 0 Å².